The van der Waals surface area contributed by atoms with Gasteiger partial charge in [-0.2, -0.15) is 0 Å². The molecule has 0 aliphatic carbocycles. The molecular weight excluding hydrogens is 192 g/mol. The minimum absolute atomic E-state index is 0.510. The summed E-state index contributed by atoms with van der Waals surface area (Å²) in [5, 5.41) is 9.06. The molecule has 0 aliphatic heterocycles. The van der Waals surface area contributed by atoms with Crippen LogP contribution >= 0.6 is 0 Å². The number of aromatic nitrogens is 1. The first-order chi connectivity index (χ1) is 7.15. The normalized spacial score (nSPS) is 12.4. The van der Waals surface area contributed by atoms with Crippen LogP contribution in [-0.4, -0.2) is 22.6 Å². The maximum absolute atomic E-state index is 11.0. The van der Waals surface area contributed by atoms with Gasteiger partial charge in [0.15, 0.2) is 0 Å². The van der Waals surface area contributed by atoms with Crippen LogP contribution in [0.3, 0.4) is 0 Å². The van der Waals surface area contributed by atoms with Gasteiger partial charge in [-0.3, -0.25) is 9.78 Å². The Morgan fingerprint density at radius 1 is 1.67 bits per heavy atom. The molecule has 3 N–H and O–H groups in total. The summed E-state index contributed by atoms with van der Waals surface area (Å²) in [6.07, 6.45) is 2.89. The van der Waals surface area contributed by atoms with Crippen molar-refractivity contribution < 1.29 is 9.90 Å². The van der Waals surface area contributed by atoms with E-state index in [0.717, 1.165) is 5.56 Å². The molecule has 0 spiro atoms. The zero-order valence-electron chi connectivity index (χ0n) is 8.81. The summed E-state index contributed by atoms with van der Waals surface area (Å²) in [7, 11) is 0. The van der Waals surface area contributed by atoms with Crippen LogP contribution in [0.25, 0.3) is 0 Å². The van der Waals surface area contributed by atoms with Crippen molar-refractivity contribution >= 4 is 5.97 Å². The van der Waals surface area contributed by atoms with Gasteiger partial charge in [0.25, 0.3) is 0 Å². The van der Waals surface area contributed by atoms with Crippen molar-refractivity contribution in [1.29, 1.82) is 0 Å². The van der Waals surface area contributed by atoms with Crippen molar-refractivity contribution in [3.63, 3.8) is 0 Å². The second-order valence-corrected chi connectivity index (χ2v) is 3.58. The molecule has 0 bridgehead atoms. The van der Waals surface area contributed by atoms with Gasteiger partial charge in [-0.15, -0.1) is 0 Å². The minimum atomic E-state index is -0.832. The van der Waals surface area contributed by atoms with E-state index in [1.807, 2.05) is 19.1 Å². The standard InChI is InChI=1S/C11H16N2O2/c1-8-4-6-13-10(7-8)9(11(14)15)3-2-5-12/h4,6-7,9H,2-3,5,12H2,1H3,(H,14,15). The molecule has 82 valence electrons. The number of carbonyl (C=O) groups is 1. The molecule has 1 unspecified atom stereocenters. The van der Waals surface area contributed by atoms with Crippen LogP contribution in [0.2, 0.25) is 0 Å². The molecule has 1 atom stereocenters. The molecular formula is C11H16N2O2. The topological polar surface area (TPSA) is 76.2 Å². The number of aliphatic carboxylic acids is 1. The first kappa shape index (κ1) is 11.7. The Hall–Kier alpha value is -1.42. The fraction of sp³-hybridized carbons (Fsp3) is 0.455. The SMILES string of the molecule is Cc1ccnc(C(CCCN)C(=O)O)c1. The smallest absolute Gasteiger partial charge is 0.312 e. The largest absolute Gasteiger partial charge is 0.481 e. The van der Waals surface area contributed by atoms with Gasteiger partial charge in [-0.05, 0) is 44.0 Å². The summed E-state index contributed by atoms with van der Waals surface area (Å²) in [4.78, 5) is 15.1. The zero-order valence-corrected chi connectivity index (χ0v) is 8.81. The minimum Gasteiger partial charge on any atom is -0.481 e. The molecule has 0 aromatic carbocycles. The van der Waals surface area contributed by atoms with Crippen molar-refractivity contribution in [2.24, 2.45) is 5.73 Å². The Morgan fingerprint density at radius 2 is 2.40 bits per heavy atom. The van der Waals surface area contributed by atoms with Gasteiger partial charge in [0.1, 0.15) is 0 Å². The third-order valence-corrected chi connectivity index (χ3v) is 2.29. The Kier molecular flexibility index (Phi) is 4.24. The summed E-state index contributed by atoms with van der Waals surface area (Å²) in [6, 6.07) is 3.67. The van der Waals surface area contributed by atoms with E-state index in [1.54, 1.807) is 6.20 Å². The monoisotopic (exact) mass is 208 g/mol. The van der Waals surface area contributed by atoms with Crippen molar-refractivity contribution in [1.82, 2.24) is 4.98 Å². The number of hydrogen-bond acceptors (Lipinski definition) is 3. The van der Waals surface area contributed by atoms with Gasteiger partial charge in [0.2, 0.25) is 0 Å². The average molecular weight is 208 g/mol. The Bertz CT molecular complexity index is 339. The maximum Gasteiger partial charge on any atom is 0.312 e. The molecule has 1 rings (SSSR count). The summed E-state index contributed by atoms with van der Waals surface area (Å²) in [5.41, 5.74) is 7.02. The van der Waals surface area contributed by atoms with Crippen molar-refractivity contribution in [2.45, 2.75) is 25.7 Å². The van der Waals surface area contributed by atoms with Crippen molar-refractivity contribution in [2.75, 3.05) is 6.54 Å². The zero-order chi connectivity index (χ0) is 11.3. The highest BCUT2D eigenvalue weighted by Gasteiger charge is 2.20. The number of nitrogens with two attached hydrogens (primary N) is 1. The van der Waals surface area contributed by atoms with Crippen molar-refractivity contribution in [3.05, 3.63) is 29.6 Å². The van der Waals surface area contributed by atoms with Crippen molar-refractivity contribution in [3.8, 4) is 0 Å². The van der Waals surface area contributed by atoms with Gasteiger partial charge in [-0.1, -0.05) is 0 Å². The molecule has 0 saturated heterocycles. The molecule has 0 amide bonds. The summed E-state index contributed by atoms with van der Waals surface area (Å²) in [5.74, 6) is -1.37. The molecule has 1 aromatic rings. The maximum atomic E-state index is 11.0. The lowest BCUT2D eigenvalue weighted by atomic mass is 9.98. The van der Waals surface area contributed by atoms with Crippen LogP contribution in [-0.2, 0) is 4.79 Å². The second kappa shape index (κ2) is 5.46. The van der Waals surface area contributed by atoms with Crippen LogP contribution in [0.4, 0.5) is 0 Å². The van der Waals surface area contributed by atoms with Crippen LogP contribution in [0.5, 0.6) is 0 Å². The van der Waals surface area contributed by atoms with Gasteiger partial charge in [-0.25, -0.2) is 0 Å². The highest BCUT2D eigenvalue weighted by Crippen LogP contribution is 2.19. The fourth-order valence-corrected chi connectivity index (χ4v) is 1.47. The predicted octanol–water partition coefficient (Wildman–Crippen LogP) is 1.30. The van der Waals surface area contributed by atoms with E-state index < -0.39 is 11.9 Å². The molecule has 4 heteroatoms. The van der Waals surface area contributed by atoms with E-state index in [2.05, 4.69) is 4.98 Å². The van der Waals surface area contributed by atoms with Crippen LogP contribution < -0.4 is 5.73 Å². The van der Waals surface area contributed by atoms with E-state index in [1.165, 1.54) is 0 Å². The Labute approximate surface area is 89.1 Å². The number of nitrogens with zero attached hydrogens (tertiary/aromatic N) is 1. The number of carboxylic acid groups (broad SMARTS) is 1. The average Bonchev–Trinajstić information content (AvgIpc) is 2.18. The number of carboxylic acids is 1. The molecule has 0 radical (unpaired) electrons. The summed E-state index contributed by atoms with van der Waals surface area (Å²) < 4.78 is 0. The van der Waals surface area contributed by atoms with E-state index in [9.17, 15) is 4.79 Å². The van der Waals surface area contributed by atoms with E-state index in [-0.39, 0.29) is 0 Å². The third kappa shape index (κ3) is 3.32. The van der Waals surface area contributed by atoms with Crippen LogP contribution in [0.15, 0.2) is 18.3 Å². The Balaban J connectivity index is 2.84. The second-order valence-electron chi connectivity index (χ2n) is 3.58. The first-order valence-corrected chi connectivity index (χ1v) is 5.00. The molecule has 1 aromatic heterocycles. The number of rotatable bonds is 5. The lowest BCUT2D eigenvalue weighted by molar-refractivity contribution is -0.139. The first-order valence-electron chi connectivity index (χ1n) is 5.00. The number of pyridine rings is 1. The van der Waals surface area contributed by atoms with Crippen LogP contribution in [0.1, 0.15) is 30.0 Å². The molecule has 4 nitrogen and oxygen atoms in total. The highest BCUT2D eigenvalue weighted by atomic mass is 16.4. The number of aryl methyl sites for hydroxylation is 1. The quantitative estimate of drug-likeness (QED) is 0.764. The summed E-state index contributed by atoms with van der Waals surface area (Å²) >= 11 is 0. The Morgan fingerprint density at radius 3 is 2.93 bits per heavy atom. The number of hydrogen-bond donors (Lipinski definition) is 2. The van der Waals surface area contributed by atoms with Gasteiger partial charge in [0, 0.05) is 6.20 Å². The van der Waals surface area contributed by atoms with Gasteiger partial charge >= 0.3 is 5.97 Å². The third-order valence-electron chi connectivity index (χ3n) is 2.29. The van der Waals surface area contributed by atoms with E-state index >= 15 is 0 Å². The highest BCUT2D eigenvalue weighted by molar-refractivity contribution is 5.75. The van der Waals surface area contributed by atoms with E-state index in [4.69, 9.17) is 10.8 Å². The predicted molar refractivity (Wildman–Crippen MR) is 57.6 cm³/mol. The molecule has 0 aliphatic rings. The molecule has 0 saturated carbocycles. The fourth-order valence-electron chi connectivity index (χ4n) is 1.47. The van der Waals surface area contributed by atoms with E-state index in [0.29, 0.717) is 25.1 Å². The lowest BCUT2D eigenvalue weighted by Crippen LogP contribution is -2.15. The van der Waals surface area contributed by atoms with Gasteiger partial charge < -0.3 is 10.8 Å². The molecule has 15 heavy (non-hydrogen) atoms. The van der Waals surface area contributed by atoms with Crippen LogP contribution in [0, 0.1) is 6.92 Å². The molecule has 0 fully saturated rings. The molecule has 1 heterocycles. The summed E-state index contributed by atoms with van der Waals surface area (Å²) in [6.45, 7) is 2.43. The lowest BCUT2D eigenvalue weighted by Gasteiger charge is -2.11. The van der Waals surface area contributed by atoms with Gasteiger partial charge in [0.05, 0.1) is 11.6 Å².